The zero-order valence-corrected chi connectivity index (χ0v) is 25.7. The van der Waals surface area contributed by atoms with Gasteiger partial charge in [-0.3, -0.25) is 9.78 Å². The van der Waals surface area contributed by atoms with E-state index in [9.17, 15) is 4.79 Å². The molecule has 0 saturated heterocycles. The van der Waals surface area contributed by atoms with Gasteiger partial charge in [-0.2, -0.15) is 0 Å². The predicted octanol–water partition coefficient (Wildman–Crippen LogP) is 6.79. The lowest BCUT2D eigenvalue weighted by atomic mass is 9.88. The minimum absolute atomic E-state index is 0.0473. The molecule has 2 aliphatic rings. The van der Waals surface area contributed by atoms with E-state index in [0.29, 0.717) is 24.5 Å². The normalized spacial score (nSPS) is 18.9. The molecule has 0 unspecified atom stereocenters. The zero-order chi connectivity index (χ0) is 29.4. The van der Waals surface area contributed by atoms with Gasteiger partial charge in [0.25, 0.3) is 5.56 Å². The van der Waals surface area contributed by atoms with Crippen LogP contribution in [0.1, 0.15) is 73.9 Å². The number of benzene rings is 1. The highest BCUT2D eigenvalue weighted by atomic mass is 16.1. The van der Waals surface area contributed by atoms with Crippen molar-refractivity contribution in [3.05, 3.63) is 81.7 Å². The van der Waals surface area contributed by atoms with Crippen LogP contribution in [-0.4, -0.2) is 52.6 Å². The summed E-state index contributed by atoms with van der Waals surface area (Å²) in [7, 11) is 4.41. The largest absolute Gasteiger partial charge is 0.368 e. The van der Waals surface area contributed by atoms with Crippen LogP contribution in [0.5, 0.6) is 0 Å². The van der Waals surface area contributed by atoms with E-state index >= 15 is 0 Å². The van der Waals surface area contributed by atoms with E-state index in [4.69, 9.17) is 9.97 Å². The third-order valence-corrected chi connectivity index (χ3v) is 9.39. The Bertz CT molecular complexity index is 1610. The number of aryl methyl sites for hydroxylation is 2. The maximum absolute atomic E-state index is 12.8. The average molecular weight is 565 g/mol. The van der Waals surface area contributed by atoms with Gasteiger partial charge in [0.05, 0.1) is 0 Å². The summed E-state index contributed by atoms with van der Waals surface area (Å²) < 4.78 is 0. The Labute approximate surface area is 249 Å². The van der Waals surface area contributed by atoms with Crippen molar-refractivity contribution in [3.8, 4) is 11.1 Å². The third kappa shape index (κ3) is 5.80. The van der Waals surface area contributed by atoms with Gasteiger partial charge in [0, 0.05) is 82.5 Å². The summed E-state index contributed by atoms with van der Waals surface area (Å²) in [6, 6.07) is 14.3. The van der Waals surface area contributed by atoms with E-state index in [2.05, 4.69) is 71.5 Å². The molecule has 3 aromatic heterocycles. The average Bonchev–Trinajstić information content (AvgIpc) is 3.83. The highest BCUT2D eigenvalue weighted by molar-refractivity contribution is 6.03. The SMILES string of the molecule is CCN(c1cc(-c2ccc(C3CC3)nc2)cc2c(NCc3c(C)cc(C)[nH]c3=O)nccc12)C1CCC(N(C)C)CC1. The molecule has 220 valence electrons. The van der Waals surface area contributed by atoms with E-state index in [0.717, 1.165) is 45.7 Å². The molecule has 2 fully saturated rings. The molecule has 0 amide bonds. The molecule has 4 aromatic rings. The van der Waals surface area contributed by atoms with Gasteiger partial charge in [0.1, 0.15) is 5.82 Å². The molecule has 2 aliphatic carbocycles. The molecule has 1 aromatic carbocycles. The molecule has 3 heterocycles. The summed E-state index contributed by atoms with van der Waals surface area (Å²) in [5.41, 5.74) is 7.27. The van der Waals surface area contributed by atoms with E-state index < -0.39 is 0 Å². The number of hydrogen-bond donors (Lipinski definition) is 2. The molecule has 6 rings (SSSR count). The summed E-state index contributed by atoms with van der Waals surface area (Å²) in [5, 5.41) is 5.78. The summed E-state index contributed by atoms with van der Waals surface area (Å²) in [6.07, 6.45) is 11.2. The fourth-order valence-corrected chi connectivity index (χ4v) is 6.79. The Hall–Kier alpha value is -3.71. The molecular formula is C35H44N6O. The molecule has 7 heteroatoms. The Morgan fingerprint density at radius 1 is 0.905 bits per heavy atom. The van der Waals surface area contributed by atoms with Gasteiger partial charge in [0.15, 0.2) is 0 Å². The summed E-state index contributed by atoms with van der Waals surface area (Å²) in [4.78, 5) is 30.3. The molecule has 2 N–H and O–H groups in total. The monoisotopic (exact) mass is 564 g/mol. The number of aromatic amines is 1. The maximum Gasteiger partial charge on any atom is 0.253 e. The summed E-state index contributed by atoms with van der Waals surface area (Å²) in [6.45, 7) is 7.54. The fraction of sp³-hybridized carbons (Fsp3) is 0.457. The molecule has 0 atom stereocenters. The second-order valence-electron chi connectivity index (χ2n) is 12.5. The van der Waals surface area contributed by atoms with Crippen LogP contribution in [0.4, 0.5) is 11.5 Å². The van der Waals surface area contributed by atoms with Crippen LogP contribution in [0.2, 0.25) is 0 Å². The first-order valence-electron chi connectivity index (χ1n) is 15.6. The highest BCUT2D eigenvalue weighted by Crippen LogP contribution is 2.41. The Morgan fingerprint density at radius 2 is 1.67 bits per heavy atom. The summed E-state index contributed by atoms with van der Waals surface area (Å²) >= 11 is 0. The van der Waals surface area contributed by atoms with Gasteiger partial charge in [-0.25, -0.2) is 4.98 Å². The Morgan fingerprint density at radius 3 is 2.31 bits per heavy atom. The molecule has 42 heavy (non-hydrogen) atoms. The Balaban J connectivity index is 1.41. The number of rotatable bonds is 9. The van der Waals surface area contributed by atoms with E-state index in [1.807, 2.05) is 32.3 Å². The number of anilines is 2. The van der Waals surface area contributed by atoms with Crippen molar-refractivity contribution in [3.63, 3.8) is 0 Å². The van der Waals surface area contributed by atoms with Crippen LogP contribution < -0.4 is 15.8 Å². The molecule has 0 aliphatic heterocycles. The standard InChI is InChI=1S/C35H44N6O/c1-6-41(28-12-10-27(11-13-28)40(4)5)33-19-26(25-9-14-32(37-20-25)24-7-8-24)18-30-29(33)15-16-36-34(30)38-21-31-22(2)17-23(3)39-35(31)42/h9,14-20,24,27-28H,6-8,10-13,21H2,1-5H3,(H,36,38)(H,39,42). The molecule has 0 bridgehead atoms. The zero-order valence-electron chi connectivity index (χ0n) is 25.7. The van der Waals surface area contributed by atoms with Crippen LogP contribution in [0.3, 0.4) is 0 Å². The third-order valence-electron chi connectivity index (χ3n) is 9.39. The Kier molecular flexibility index (Phi) is 8.04. The minimum atomic E-state index is -0.0473. The second-order valence-corrected chi connectivity index (χ2v) is 12.5. The summed E-state index contributed by atoms with van der Waals surface area (Å²) in [5.74, 6) is 1.43. The minimum Gasteiger partial charge on any atom is -0.368 e. The van der Waals surface area contributed by atoms with E-state index in [1.165, 1.54) is 55.3 Å². The first-order valence-corrected chi connectivity index (χ1v) is 15.6. The van der Waals surface area contributed by atoms with Crippen molar-refractivity contribution in [1.29, 1.82) is 0 Å². The quantitative estimate of drug-likeness (QED) is 0.233. The van der Waals surface area contributed by atoms with Crippen molar-refractivity contribution in [2.75, 3.05) is 30.9 Å². The smallest absolute Gasteiger partial charge is 0.253 e. The van der Waals surface area contributed by atoms with Gasteiger partial charge in [-0.05, 0) is 115 Å². The van der Waals surface area contributed by atoms with Crippen LogP contribution in [0, 0.1) is 13.8 Å². The number of H-pyrrole nitrogens is 1. The van der Waals surface area contributed by atoms with Gasteiger partial charge < -0.3 is 20.1 Å². The van der Waals surface area contributed by atoms with Crippen molar-refractivity contribution >= 4 is 22.3 Å². The first-order chi connectivity index (χ1) is 20.3. The lowest BCUT2D eigenvalue weighted by Gasteiger charge is -2.40. The number of pyridine rings is 3. The van der Waals surface area contributed by atoms with Crippen molar-refractivity contribution in [2.45, 2.75) is 83.8 Å². The van der Waals surface area contributed by atoms with Crippen molar-refractivity contribution in [1.82, 2.24) is 19.9 Å². The highest BCUT2D eigenvalue weighted by Gasteiger charge is 2.28. The van der Waals surface area contributed by atoms with Crippen LogP contribution in [0.25, 0.3) is 21.9 Å². The lowest BCUT2D eigenvalue weighted by Crippen LogP contribution is -2.42. The number of nitrogens with zero attached hydrogens (tertiary/aromatic N) is 4. The number of hydrogen-bond acceptors (Lipinski definition) is 6. The van der Waals surface area contributed by atoms with Crippen LogP contribution in [0.15, 0.2) is 53.6 Å². The van der Waals surface area contributed by atoms with Crippen molar-refractivity contribution < 1.29 is 0 Å². The van der Waals surface area contributed by atoms with E-state index in [1.54, 1.807) is 0 Å². The van der Waals surface area contributed by atoms with E-state index in [-0.39, 0.29) is 5.56 Å². The first kappa shape index (κ1) is 28.4. The van der Waals surface area contributed by atoms with Crippen LogP contribution in [-0.2, 0) is 6.54 Å². The van der Waals surface area contributed by atoms with Gasteiger partial charge in [0.2, 0.25) is 0 Å². The van der Waals surface area contributed by atoms with Gasteiger partial charge in [-0.15, -0.1) is 0 Å². The maximum atomic E-state index is 12.8. The predicted molar refractivity (Wildman–Crippen MR) is 174 cm³/mol. The van der Waals surface area contributed by atoms with Gasteiger partial charge in [-0.1, -0.05) is 6.07 Å². The number of fused-ring (bicyclic) bond motifs is 1. The number of nitrogens with one attached hydrogen (secondary N) is 2. The molecule has 2 saturated carbocycles. The number of aromatic nitrogens is 3. The lowest BCUT2D eigenvalue weighted by molar-refractivity contribution is 0.214. The molecular weight excluding hydrogens is 520 g/mol. The fourth-order valence-electron chi connectivity index (χ4n) is 6.79. The molecule has 0 radical (unpaired) electrons. The molecule has 7 nitrogen and oxygen atoms in total. The second kappa shape index (κ2) is 11.9. The molecule has 0 spiro atoms. The van der Waals surface area contributed by atoms with Crippen LogP contribution >= 0.6 is 0 Å². The van der Waals surface area contributed by atoms with Crippen molar-refractivity contribution in [2.24, 2.45) is 0 Å². The topological polar surface area (TPSA) is 77.1 Å². The van der Waals surface area contributed by atoms with Gasteiger partial charge >= 0.3 is 0 Å².